The maximum atomic E-state index is 10.9. The first-order valence-electron chi connectivity index (χ1n) is 4.75. The van der Waals surface area contributed by atoms with Crippen molar-refractivity contribution in [3.05, 3.63) is 11.9 Å². The highest BCUT2D eigenvalue weighted by molar-refractivity contribution is 7.99. The molecule has 1 aromatic rings. The molecule has 0 aliphatic heterocycles. The first kappa shape index (κ1) is 11.9. The van der Waals surface area contributed by atoms with Crippen molar-refractivity contribution in [2.45, 2.75) is 25.6 Å². The second-order valence-electron chi connectivity index (χ2n) is 3.48. The molecule has 1 heterocycles. The molecule has 0 fully saturated rings. The number of primary amides is 1. The van der Waals surface area contributed by atoms with Crippen molar-refractivity contribution < 1.29 is 4.79 Å². The number of carbonyl (C=O) groups is 1. The third-order valence-electron chi connectivity index (χ3n) is 1.79. The van der Waals surface area contributed by atoms with E-state index in [0.717, 1.165) is 12.3 Å². The summed E-state index contributed by atoms with van der Waals surface area (Å²) in [6, 6.07) is 0. The zero-order valence-corrected chi connectivity index (χ0v) is 9.75. The van der Waals surface area contributed by atoms with Crippen LogP contribution in [0.3, 0.4) is 0 Å². The molecule has 0 aromatic carbocycles. The zero-order valence-electron chi connectivity index (χ0n) is 8.93. The van der Waals surface area contributed by atoms with Crippen molar-refractivity contribution in [2.75, 3.05) is 11.5 Å². The first-order valence-corrected chi connectivity index (χ1v) is 5.80. The molecule has 0 saturated carbocycles. The highest BCUT2D eigenvalue weighted by Gasteiger charge is 2.10. The zero-order chi connectivity index (χ0) is 11.4. The number of nitrogen functional groups attached to an aromatic ring is 1. The quantitative estimate of drug-likeness (QED) is 0.777. The van der Waals surface area contributed by atoms with Gasteiger partial charge in [0.05, 0.1) is 12.2 Å². The van der Waals surface area contributed by atoms with E-state index < -0.39 is 5.91 Å². The number of hydrogen-bond acceptors (Lipinski definition) is 4. The summed E-state index contributed by atoms with van der Waals surface area (Å²) in [5.74, 6) is 0.361. The Bertz CT molecular complexity index is 348. The fraction of sp³-hybridized carbons (Fsp3) is 0.556. The highest BCUT2D eigenvalue weighted by Crippen LogP contribution is 2.12. The molecule has 0 aliphatic rings. The number of anilines is 1. The van der Waals surface area contributed by atoms with E-state index in [2.05, 4.69) is 18.9 Å². The number of carbonyl (C=O) groups excluding carboxylic acids is 1. The van der Waals surface area contributed by atoms with Gasteiger partial charge in [0.15, 0.2) is 5.69 Å². The van der Waals surface area contributed by atoms with Crippen LogP contribution < -0.4 is 11.5 Å². The first-order chi connectivity index (χ1) is 7.00. The molecular weight excluding hydrogens is 212 g/mol. The molecular formula is C9H16N4OS. The van der Waals surface area contributed by atoms with Crippen LogP contribution in [0.15, 0.2) is 6.20 Å². The standard InChI is InChI=1S/C9H16N4OS/c1-6(2)15-4-3-13-5-7(10)8(12-13)9(11)14/h5-6H,3-4,10H2,1-2H3,(H2,11,14). The van der Waals surface area contributed by atoms with Crippen LogP contribution in [0.2, 0.25) is 0 Å². The maximum absolute atomic E-state index is 10.9. The lowest BCUT2D eigenvalue weighted by molar-refractivity contribution is 0.0995. The number of nitrogens with zero attached hydrogens (tertiary/aromatic N) is 2. The van der Waals surface area contributed by atoms with Gasteiger partial charge in [0, 0.05) is 11.9 Å². The molecule has 15 heavy (non-hydrogen) atoms. The predicted octanol–water partition coefficient (Wildman–Crippen LogP) is 0.706. The van der Waals surface area contributed by atoms with Gasteiger partial charge in [-0.1, -0.05) is 13.8 Å². The van der Waals surface area contributed by atoms with E-state index in [9.17, 15) is 4.79 Å². The third kappa shape index (κ3) is 3.47. The van der Waals surface area contributed by atoms with Gasteiger partial charge in [-0.3, -0.25) is 9.48 Å². The lowest BCUT2D eigenvalue weighted by Crippen LogP contribution is -2.14. The van der Waals surface area contributed by atoms with Gasteiger partial charge < -0.3 is 11.5 Å². The van der Waals surface area contributed by atoms with Crippen LogP contribution in [-0.4, -0.2) is 26.7 Å². The molecule has 0 bridgehead atoms. The maximum Gasteiger partial charge on any atom is 0.271 e. The molecule has 84 valence electrons. The van der Waals surface area contributed by atoms with Gasteiger partial charge in [0.2, 0.25) is 0 Å². The number of hydrogen-bond donors (Lipinski definition) is 2. The minimum absolute atomic E-state index is 0.157. The van der Waals surface area contributed by atoms with E-state index in [0.29, 0.717) is 10.9 Å². The highest BCUT2D eigenvalue weighted by atomic mass is 32.2. The van der Waals surface area contributed by atoms with Crippen LogP contribution in [0.4, 0.5) is 5.69 Å². The van der Waals surface area contributed by atoms with Crippen LogP contribution in [0.1, 0.15) is 24.3 Å². The van der Waals surface area contributed by atoms with Crippen LogP contribution in [0.25, 0.3) is 0 Å². The summed E-state index contributed by atoms with van der Waals surface area (Å²) in [7, 11) is 0. The van der Waals surface area contributed by atoms with Crippen molar-refractivity contribution in [2.24, 2.45) is 5.73 Å². The van der Waals surface area contributed by atoms with Gasteiger partial charge >= 0.3 is 0 Å². The Morgan fingerprint density at radius 3 is 2.80 bits per heavy atom. The van der Waals surface area contributed by atoms with E-state index in [-0.39, 0.29) is 5.69 Å². The fourth-order valence-corrected chi connectivity index (χ4v) is 1.89. The number of amides is 1. The second-order valence-corrected chi connectivity index (χ2v) is 5.16. The normalized spacial score (nSPS) is 10.9. The summed E-state index contributed by atoms with van der Waals surface area (Å²) in [5.41, 5.74) is 11.2. The Labute approximate surface area is 93.2 Å². The molecule has 0 aliphatic carbocycles. The Balaban J connectivity index is 2.56. The number of aromatic nitrogens is 2. The van der Waals surface area contributed by atoms with E-state index >= 15 is 0 Å². The molecule has 0 atom stereocenters. The molecule has 0 spiro atoms. The Morgan fingerprint density at radius 2 is 2.33 bits per heavy atom. The third-order valence-corrected chi connectivity index (χ3v) is 2.88. The van der Waals surface area contributed by atoms with E-state index in [1.165, 1.54) is 0 Å². The fourth-order valence-electron chi connectivity index (χ4n) is 1.12. The topological polar surface area (TPSA) is 86.9 Å². The average molecular weight is 228 g/mol. The lowest BCUT2D eigenvalue weighted by Gasteiger charge is -2.04. The molecule has 5 nitrogen and oxygen atoms in total. The van der Waals surface area contributed by atoms with Gasteiger partial charge in [-0.05, 0) is 5.25 Å². The molecule has 0 radical (unpaired) electrons. The molecule has 4 N–H and O–H groups in total. The van der Waals surface area contributed by atoms with Gasteiger partial charge in [-0.15, -0.1) is 0 Å². The molecule has 1 rings (SSSR count). The monoisotopic (exact) mass is 228 g/mol. The molecule has 0 saturated heterocycles. The largest absolute Gasteiger partial charge is 0.396 e. The summed E-state index contributed by atoms with van der Waals surface area (Å²) in [6.07, 6.45) is 1.64. The number of rotatable bonds is 5. The van der Waals surface area contributed by atoms with Crippen LogP contribution in [0, 0.1) is 0 Å². The number of thioether (sulfide) groups is 1. The number of nitrogens with two attached hydrogens (primary N) is 2. The number of aryl methyl sites for hydroxylation is 1. The molecule has 0 unspecified atom stereocenters. The van der Waals surface area contributed by atoms with Crippen LogP contribution >= 0.6 is 11.8 Å². The Morgan fingerprint density at radius 1 is 1.67 bits per heavy atom. The lowest BCUT2D eigenvalue weighted by atomic mass is 10.4. The van der Waals surface area contributed by atoms with Crippen molar-refractivity contribution >= 4 is 23.4 Å². The predicted molar refractivity (Wildman–Crippen MR) is 62.8 cm³/mol. The van der Waals surface area contributed by atoms with Crippen molar-refractivity contribution in [1.82, 2.24) is 9.78 Å². The average Bonchev–Trinajstić information content (AvgIpc) is 2.46. The summed E-state index contributed by atoms with van der Waals surface area (Å²) in [6.45, 7) is 5.01. The Hall–Kier alpha value is -1.17. The van der Waals surface area contributed by atoms with Crippen molar-refractivity contribution in [1.29, 1.82) is 0 Å². The minimum atomic E-state index is -0.581. The van der Waals surface area contributed by atoms with E-state index in [4.69, 9.17) is 11.5 Å². The summed E-state index contributed by atoms with van der Waals surface area (Å²) in [5, 5.41) is 4.60. The van der Waals surface area contributed by atoms with Crippen molar-refractivity contribution in [3.8, 4) is 0 Å². The summed E-state index contributed by atoms with van der Waals surface area (Å²) < 4.78 is 1.66. The minimum Gasteiger partial charge on any atom is -0.396 e. The molecule has 1 aromatic heterocycles. The summed E-state index contributed by atoms with van der Waals surface area (Å²) >= 11 is 1.83. The van der Waals surface area contributed by atoms with Gasteiger partial charge in [-0.25, -0.2) is 0 Å². The smallest absolute Gasteiger partial charge is 0.271 e. The molecule has 6 heteroatoms. The van der Waals surface area contributed by atoms with Gasteiger partial charge in [0.25, 0.3) is 5.91 Å². The van der Waals surface area contributed by atoms with Gasteiger partial charge in [-0.2, -0.15) is 16.9 Å². The second kappa shape index (κ2) is 5.06. The SMILES string of the molecule is CC(C)SCCn1cc(N)c(C(N)=O)n1. The van der Waals surface area contributed by atoms with E-state index in [1.807, 2.05) is 11.8 Å². The van der Waals surface area contributed by atoms with Crippen molar-refractivity contribution in [3.63, 3.8) is 0 Å². The summed E-state index contributed by atoms with van der Waals surface area (Å²) in [4.78, 5) is 10.9. The van der Waals surface area contributed by atoms with E-state index in [1.54, 1.807) is 10.9 Å². The molecule has 1 amide bonds. The van der Waals surface area contributed by atoms with Crippen LogP contribution in [0.5, 0.6) is 0 Å². The Kier molecular flexibility index (Phi) is 4.02. The van der Waals surface area contributed by atoms with Crippen LogP contribution in [-0.2, 0) is 6.54 Å². The van der Waals surface area contributed by atoms with Gasteiger partial charge in [0.1, 0.15) is 0 Å².